The van der Waals surface area contributed by atoms with E-state index in [-0.39, 0.29) is 0 Å². The summed E-state index contributed by atoms with van der Waals surface area (Å²) in [7, 11) is 0. The van der Waals surface area contributed by atoms with E-state index in [1.54, 1.807) is 6.08 Å². The molecule has 0 aliphatic heterocycles. The molecule has 0 spiro atoms. The fourth-order valence-electron chi connectivity index (χ4n) is 0.364. The summed E-state index contributed by atoms with van der Waals surface area (Å²) in [5.41, 5.74) is 4.01. The van der Waals surface area contributed by atoms with Gasteiger partial charge in [0.1, 0.15) is 0 Å². The Bertz CT molecular complexity index is 125. The minimum atomic E-state index is 0.525. The molecule has 0 bridgehead atoms. The van der Waals surface area contributed by atoms with Crippen molar-refractivity contribution in [3.8, 4) is 0 Å². The standard InChI is InChI=1S/C8H16N2/c1-5-6-9-10-8(4)7(2)3/h5,7,9H,1,6H2,2-4H3/b10-8+. The molecule has 0 atom stereocenters. The highest BCUT2D eigenvalue weighted by Gasteiger charge is 1.95. The van der Waals surface area contributed by atoms with Crippen molar-refractivity contribution in [2.45, 2.75) is 20.8 Å². The van der Waals surface area contributed by atoms with Crippen LogP contribution in [0.1, 0.15) is 20.8 Å². The predicted molar refractivity (Wildman–Crippen MR) is 46.1 cm³/mol. The molecular formula is C8H16N2. The lowest BCUT2D eigenvalue weighted by atomic mass is 10.1. The van der Waals surface area contributed by atoms with Crippen LogP contribution in [0.4, 0.5) is 0 Å². The van der Waals surface area contributed by atoms with Crippen LogP contribution in [0.15, 0.2) is 17.8 Å². The largest absolute Gasteiger partial charge is 0.306 e. The molecule has 0 heterocycles. The lowest BCUT2D eigenvalue weighted by molar-refractivity contribution is 0.785. The molecule has 1 N–H and O–H groups in total. The normalized spacial score (nSPS) is 11.8. The smallest absolute Gasteiger partial charge is 0.0507 e. The van der Waals surface area contributed by atoms with Gasteiger partial charge in [0.2, 0.25) is 0 Å². The number of hydrogen-bond acceptors (Lipinski definition) is 2. The summed E-state index contributed by atoms with van der Waals surface area (Å²) in [6.07, 6.45) is 1.79. The lowest BCUT2D eigenvalue weighted by Crippen LogP contribution is -2.11. The number of nitrogens with zero attached hydrogens (tertiary/aromatic N) is 1. The van der Waals surface area contributed by atoms with Crippen molar-refractivity contribution in [2.24, 2.45) is 11.0 Å². The third kappa shape index (κ3) is 4.13. The summed E-state index contributed by atoms with van der Waals surface area (Å²) in [6, 6.07) is 0. The summed E-state index contributed by atoms with van der Waals surface area (Å²) in [5.74, 6) is 0.525. The van der Waals surface area contributed by atoms with Crippen LogP contribution < -0.4 is 5.43 Å². The third-order valence-corrected chi connectivity index (χ3v) is 1.33. The van der Waals surface area contributed by atoms with Gasteiger partial charge in [-0.3, -0.25) is 0 Å². The Kier molecular flexibility index (Phi) is 4.63. The van der Waals surface area contributed by atoms with E-state index in [0.717, 1.165) is 12.3 Å². The molecule has 58 valence electrons. The fraction of sp³-hybridized carbons (Fsp3) is 0.625. The summed E-state index contributed by atoms with van der Waals surface area (Å²) < 4.78 is 0. The summed E-state index contributed by atoms with van der Waals surface area (Å²) in [5, 5.41) is 4.11. The van der Waals surface area contributed by atoms with Gasteiger partial charge >= 0.3 is 0 Å². The molecule has 0 aliphatic carbocycles. The van der Waals surface area contributed by atoms with Crippen LogP contribution in [0.2, 0.25) is 0 Å². The van der Waals surface area contributed by atoms with Crippen LogP contribution in [0, 0.1) is 5.92 Å². The molecular weight excluding hydrogens is 124 g/mol. The van der Waals surface area contributed by atoms with Gasteiger partial charge in [-0.05, 0) is 12.8 Å². The zero-order valence-electron chi connectivity index (χ0n) is 7.02. The average molecular weight is 140 g/mol. The fourth-order valence-corrected chi connectivity index (χ4v) is 0.364. The van der Waals surface area contributed by atoms with Crippen LogP contribution in [-0.4, -0.2) is 12.3 Å². The van der Waals surface area contributed by atoms with E-state index >= 15 is 0 Å². The predicted octanol–water partition coefficient (Wildman–Crippen LogP) is 1.79. The molecule has 0 aromatic rings. The first kappa shape index (κ1) is 9.21. The molecule has 2 heteroatoms. The third-order valence-electron chi connectivity index (χ3n) is 1.33. The molecule has 0 aliphatic rings. The van der Waals surface area contributed by atoms with Crippen LogP contribution in [0.5, 0.6) is 0 Å². The Labute approximate surface area is 63.0 Å². The summed E-state index contributed by atoms with van der Waals surface area (Å²) in [4.78, 5) is 0. The van der Waals surface area contributed by atoms with E-state index in [0.29, 0.717) is 5.92 Å². The van der Waals surface area contributed by atoms with Gasteiger partial charge in [-0.15, -0.1) is 6.58 Å². The van der Waals surface area contributed by atoms with Gasteiger partial charge in [0.25, 0.3) is 0 Å². The second-order valence-electron chi connectivity index (χ2n) is 2.56. The molecule has 0 rings (SSSR count). The van der Waals surface area contributed by atoms with E-state index in [4.69, 9.17) is 0 Å². The van der Waals surface area contributed by atoms with Crippen molar-refractivity contribution in [2.75, 3.05) is 6.54 Å². The Morgan fingerprint density at radius 1 is 1.70 bits per heavy atom. The molecule has 10 heavy (non-hydrogen) atoms. The molecule has 0 amide bonds. The molecule has 0 aromatic carbocycles. The molecule has 0 saturated carbocycles. The maximum Gasteiger partial charge on any atom is 0.0507 e. The minimum absolute atomic E-state index is 0.525. The minimum Gasteiger partial charge on any atom is -0.306 e. The van der Waals surface area contributed by atoms with E-state index in [1.165, 1.54) is 0 Å². The summed E-state index contributed by atoms with van der Waals surface area (Å²) >= 11 is 0. The summed E-state index contributed by atoms with van der Waals surface area (Å²) in [6.45, 7) is 10.6. The van der Waals surface area contributed by atoms with E-state index < -0.39 is 0 Å². The number of nitrogens with one attached hydrogen (secondary N) is 1. The zero-order chi connectivity index (χ0) is 7.98. The van der Waals surface area contributed by atoms with Crippen LogP contribution in [0.25, 0.3) is 0 Å². The van der Waals surface area contributed by atoms with Gasteiger partial charge in [-0.25, -0.2) is 0 Å². The number of rotatable bonds is 4. The van der Waals surface area contributed by atoms with Crippen molar-refractivity contribution in [1.29, 1.82) is 0 Å². The molecule has 0 aromatic heterocycles. The van der Waals surface area contributed by atoms with E-state index in [9.17, 15) is 0 Å². The van der Waals surface area contributed by atoms with Gasteiger partial charge < -0.3 is 5.43 Å². The van der Waals surface area contributed by atoms with E-state index in [2.05, 4.69) is 31.0 Å². The lowest BCUT2D eigenvalue weighted by Gasteiger charge is -2.03. The van der Waals surface area contributed by atoms with Crippen molar-refractivity contribution in [3.05, 3.63) is 12.7 Å². The SMILES string of the molecule is C=CCN/N=C(\C)C(C)C. The molecule has 0 unspecified atom stereocenters. The highest BCUT2D eigenvalue weighted by atomic mass is 15.3. The Morgan fingerprint density at radius 2 is 2.30 bits per heavy atom. The molecule has 0 fully saturated rings. The first-order valence-corrected chi connectivity index (χ1v) is 3.56. The van der Waals surface area contributed by atoms with Gasteiger partial charge in [-0.2, -0.15) is 5.10 Å². The first-order chi connectivity index (χ1) is 4.68. The van der Waals surface area contributed by atoms with Crippen LogP contribution in [0.3, 0.4) is 0 Å². The maximum atomic E-state index is 4.11. The maximum absolute atomic E-state index is 4.11. The quantitative estimate of drug-likeness (QED) is 0.274. The van der Waals surface area contributed by atoms with Crippen molar-refractivity contribution in [1.82, 2.24) is 5.43 Å². The molecule has 0 saturated heterocycles. The first-order valence-electron chi connectivity index (χ1n) is 3.56. The van der Waals surface area contributed by atoms with Crippen LogP contribution in [-0.2, 0) is 0 Å². The Balaban J connectivity index is 3.57. The van der Waals surface area contributed by atoms with Gasteiger partial charge in [0, 0.05) is 5.71 Å². The molecule has 2 nitrogen and oxygen atoms in total. The monoisotopic (exact) mass is 140 g/mol. The average Bonchev–Trinajstić information content (AvgIpc) is 1.88. The van der Waals surface area contributed by atoms with Crippen molar-refractivity contribution >= 4 is 5.71 Å². The van der Waals surface area contributed by atoms with Crippen molar-refractivity contribution < 1.29 is 0 Å². The Morgan fingerprint density at radius 3 is 2.70 bits per heavy atom. The van der Waals surface area contributed by atoms with Crippen molar-refractivity contribution in [3.63, 3.8) is 0 Å². The van der Waals surface area contributed by atoms with Gasteiger partial charge in [0.05, 0.1) is 6.54 Å². The van der Waals surface area contributed by atoms with Gasteiger partial charge in [0.15, 0.2) is 0 Å². The van der Waals surface area contributed by atoms with Crippen LogP contribution >= 0.6 is 0 Å². The second kappa shape index (κ2) is 5.03. The highest BCUT2D eigenvalue weighted by molar-refractivity contribution is 5.83. The van der Waals surface area contributed by atoms with E-state index in [1.807, 2.05) is 6.92 Å². The Hall–Kier alpha value is -0.790. The highest BCUT2D eigenvalue weighted by Crippen LogP contribution is 1.93. The van der Waals surface area contributed by atoms with Gasteiger partial charge in [-0.1, -0.05) is 19.9 Å². The number of hydrazone groups is 1. The zero-order valence-corrected chi connectivity index (χ0v) is 7.02. The molecule has 0 radical (unpaired) electrons. The number of hydrogen-bond donors (Lipinski definition) is 1. The topological polar surface area (TPSA) is 24.4 Å². The second-order valence-corrected chi connectivity index (χ2v) is 2.56.